The molecule has 3 rings (SSSR count). The molecule has 0 aliphatic heterocycles. The van der Waals surface area contributed by atoms with E-state index < -0.39 is 4.92 Å². The van der Waals surface area contributed by atoms with Crippen molar-refractivity contribution in [1.29, 1.82) is 0 Å². The summed E-state index contributed by atoms with van der Waals surface area (Å²) in [4.78, 5) is 25.5. The van der Waals surface area contributed by atoms with Crippen LogP contribution >= 0.6 is 0 Å². The molecule has 0 aliphatic carbocycles. The Balaban J connectivity index is 1.80. The van der Waals surface area contributed by atoms with Crippen LogP contribution in [0.3, 0.4) is 0 Å². The molecule has 0 radical (unpaired) electrons. The summed E-state index contributed by atoms with van der Waals surface area (Å²) in [6.07, 6.45) is 0. The molecule has 3 aromatic carbocycles. The molecule has 0 spiro atoms. The fraction of sp³-hybridized carbons (Fsp3) is 0.240. The fourth-order valence-electron chi connectivity index (χ4n) is 3.28. The second kappa shape index (κ2) is 11.6. The molecule has 1 amide bonds. The first-order chi connectivity index (χ1) is 16.0. The number of hydrogen-bond acceptors (Lipinski definition) is 6. The Labute approximate surface area is 192 Å². The van der Waals surface area contributed by atoms with Crippen LogP contribution in [0.5, 0.6) is 11.5 Å². The number of rotatable bonds is 11. The van der Waals surface area contributed by atoms with Crippen molar-refractivity contribution in [2.45, 2.75) is 6.54 Å². The minimum Gasteiger partial charge on any atom is -0.497 e. The van der Waals surface area contributed by atoms with Crippen molar-refractivity contribution < 1.29 is 23.9 Å². The number of carbonyl (C=O) groups excluding carboxylic acids is 1. The molecule has 33 heavy (non-hydrogen) atoms. The first-order valence-corrected chi connectivity index (χ1v) is 10.4. The summed E-state index contributed by atoms with van der Waals surface area (Å²) in [5.41, 5.74) is 2.16. The molecule has 172 valence electrons. The smallest absolute Gasteiger partial charge is 0.270 e. The van der Waals surface area contributed by atoms with Crippen LogP contribution in [0.2, 0.25) is 0 Å². The van der Waals surface area contributed by atoms with Gasteiger partial charge in [0.05, 0.1) is 18.6 Å². The van der Waals surface area contributed by atoms with Gasteiger partial charge in [-0.05, 0) is 29.3 Å². The van der Waals surface area contributed by atoms with E-state index in [1.807, 2.05) is 30.3 Å². The van der Waals surface area contributed by atoms with Crippen LogP contribution in [-0.4, -0.2) is 49.7 Å². The molecule has 0 unspecified atom stereocenters. The van der Waals surface area contributed by atoms with Gasteiger partial charge in [0.25, 0.3) is 11.6 Å². The van der Waals surface area contributed by atoms with Crippen molar-refractivity contribution in [1.82, 2.24) is 4.90 Å². The van der Waals surface area contributed by atoms with Gasteiger partial charge in [-0.25, -0.2) is 0 Å². The zero-order valence-corrected chi connectivity index (χ0v) is 18.6. The second-order valence-corrected chi connectivity index (χ2v) is 7.25. The third kappa shape index (κ3) is 6.54. The molecule has 8 nitrogen and oxygen atoms in total. The van der Waals surface area contributed by atoms with Gasteiger partial charge in [0.2, 0.25) is 0 Å². The van der Waals surface area contributed by atoms with Gasteiger partial charge in [-0.1, -0.05) is 42.5 Å². The first kappa shape index (κ1) is 23.7. The normalized spacial score (nSPS) is 10.5. The minimum atomic E-state index is -0.464. The summed E-state index contributed by atoms with van der Waals surface area (Å²) < 4.78 is 16.2. The number of benzene rings is 3. The summed E-state index contributed by atoms with van der Waals surface area (Å²) >= 11 is 0. The van der Waals surface area contributed by atoms with E-state index in [-0.39, 0.29) is 18.2 Å². The number of carbonyl (C=O) groups is 1. The highest BCUT2D eigenvalue weighted by Gasteiger charge is 2.18. The first-order valence-electron chi connectivity index (χ1n) is 10.4. The topological polar surface area (TPSA) is 91.1 Å². The van der Waals surface area contributed by atoms with Crippen molar-refractivity contribution in [2.24, 2.45) is 0 Å². The number of hydrogen-bond donors (Lipinski definition) is 0. The summed E-state index contributed by atoms with van der Waals surface area (Å²) in [5.74, 6) is 0.831. The molecule has 8 heteroatoms. The van der Waals surface area contributed by atoms with Gasteiger partial charge in [-0.15, -0.1) is 0 Å². The Hall–Kier alpha value is -3.91. The van der Waals surface area contributed by atoms with Crippen LogP contribution < -0.4 is 9.47 Å². The molecular formula is C25H26N2O6. The highest BCUT2D eigenvalue weighted by molar-refractivity contribution is 5.79. The predicted octanol–water partition coefficient (Wildman–Crippen LogP) is 4.32. The lowest BCUT2D eigenvalue weighted by Crippen LogP contribution is -2.36. The number of amides is 1. The molecule has 0 heterocycles. The Morgan fingerprint density at radius 1 is 1.00 bits per heavy atom. The number of nitro groups is 1. The number of nitrogens with zero attached hydrogens (tertiary/aromatic N) is 2. The van der Waals surface area contributed by atoms with E-state index in [1.165, 1.54) is 18.2 Å². The number of non-ortho nitro benzene ring substituents is 1. The third-order valence-corrected chi connectivity index (χ3v) is 5.06. The minimum absolute atomic E-state index is 0.0645. The van der Waals surface area contributed by atoms with E-state index in [0.717, 1.165) is 5.56 Å². The average molecular weight is 450 g/mol. The molecular weight excluding hydrogens is 424 g/mol. The molecule has 0 saturated heterocycles. The lowest BCUT2D eigenvalue weighted by atomic mass is 10.0. The highest BCUT2D eigenvalue weighted by Crippen LogP contribution is 2.34. The van der Waals surface area contributed by atoms with Gasteiger partial charge in [-0.3, -0.25) is 14.9 Å². The van der Waals surface area contributed by atoms with Crippen LogP contribution in [0.1, 0.15) is 5.56 Å². The van der Waals surface area contributed by atoms with Gasteiger partial charge in [0.15, 0.2) is 6.61 Å². The third-order valence-electron chi connectivity index (χ3n) is 5.06. The van der Waals surface area contributed by atoms with E-state index in [2.05, 4.69) is 0 Å². The summed E-state index contributed by atoms with van der Waals surface area (Å²) in [7, 11) is 3.15. The van der Waals surface area contributed by atoms with Crippen LogP contribution in [-0.2, 0) is 16.1 Å². The zero-order valence-electron chi connectivity index (χ0n) is 18.6. The maximum absolute atomic E-state index is 13.0. The van der Waals surface area contributed by atoms with Crippen molar-refractivity contribution in [3.8, 4) is 22.6 Å². The Bertz CT molecular complexity index is 1070. The highest BCUT2D eigenvalue weighted by atomic mass is 16.6. The largest absolute Gasteiger partial charge is 0.497 e. The predicted molar refractivity (Wildman–Crippen MR) is 124 cm³/mol. The van der Waals surface area contributed by atoms with Crippen LogP contribution in [0.25, 0.3) is 11.1 Å². The molecule has 0 fully saturated rings. The van der Waals surface area contributed by atoms with E-state index >= 15 is 0 Å². The van der Waals surface area contributed by atoms with Gasteiger partial charge >= 0.3 is 0 Å². The maximum Gasteiger partial charge on any atom is 0.270 e. The van der Waals surface area contributed by atoms with Crippen molar-refractivity contribution in [3.05, 3.63) is 88.5 Å². The van der Waals surface area contributed by atoms with Gasteiger partial charge in [0.1, 0.15) is 11.5 Å². The standard InChI is InChI=1S/C25H26N2O6/c1-31-15-14-26(17-19-6-4-3-5-7-19)25(28)18-33-24-13-10-21(27(29)30)16-23(24)20-8-11-22(32-2)12-9-20/h3-13,16H,14-15,17-18H2,1-2H3. The monoisotopic (exact) mass is 450 g/mol. The Morgan fingerprint density at radius 3 is 2.36 bits per heavy atom. The van der Waals surface area contributed by atoms with Crippen molar-refractivity contribution in [2.75, 3.05) is 34.0 Å². The lowest BCUT2D eigenvalue weighted by Gasteiger charge is -2.23. The Morgan fingerprint density at radius 2 is 1.73 bits per heavy atom. The van der Waals surface area contributed by atoms with Crippen molar-refractivity contribution in [3.63, 3.8) is 0 Å². The summed E-state index contributed by atoms with van der Waals surface area (Å²) in [5, 5.41) is 11.3. The van der Waals surface area contributed by atoms with Crippen LogP contribution in [0, 0.1) is 10.1 Å². The zero-order chi connectivity index (χ0) is 23.6. The molecule has 0 saturated carbocycles. The van der Waals surface area contributed by atoms with E-state index in [9.17, 15) is 14.9 Å². The van der Waals surface area contributed by atoms with E-state index in [4.69, 9.17) is 14.2 Å². The van der Waals surface area contributed by atoms with Crippen LogP contribution in [0.4, 0.5) is 5.69 Å². The summed E-state index contributed by atoms with van der Waals surface area (Å²) in [6, 6.07) is 21.1. The second-order valence-electron chi connectivity index (χ2n) is 7.25. The molecule has 3 aromatic rings. The van der Waals surface area contributed by atoms with Gasteiger partial charge in [-0.2, -0.15) is 0 Å². The fourth-order valence-corrected chi connectivity index (χ4v) is 3.28. The molecule has 0 bridgehead atoms. The molecule has 0 N–H and O–H groups in total. The number of nitro benzene ring substituents is 1. The van der Waals surface area contributed by atoms with Gasteiger partial charge in [0, 0.05) is 37.9 Å². The molecule has 0 aromatic heterocycles. The summed E-state index contributed by atoms with van der Waals surface area (Å²) in [6.45, 7) is 1.03. The quantitative estimate of drug-likeness (QED) is 0.319. The Kier molecular flexibility index (Phi) is 8.37. The van der Waals surface area contributed by atoms with E-state index in [0.29, 0.717) is 42.3 Å². The SMILES string of the molecule is COCCN(Cc1ccccc1)C(=O)COc1ccc([N+](=O)[O-])cc1-c1ccc(OC)cc1. The number of methoxy groups -OCH3 is 2. The maximum atomic E-state index is 13.0. The molecule has 0 aliphatic rings. The lowest BCUT2D eigenvalue weighted by molar-refractivity contribution is -0.384. The van der Waals surface area contributed by atoms with Gasteiger partial charge < -0.3 is 19.1 Å². The molecule has 0 atom stereocenters. The van der Waals surface area contributed by atoms with Crippen LogP contribution in [0.15, 0.2) is 72.8 Å². The number of ether oxygens (including phenoxy) is 3. The van der Waals surface area contributed by atoms with Crippen molar-refractivity contribution >= 4 is 11.6 Å². The van der Waals surface area contributed by atoms with E-state index in [1.54, 1.807) is 43.4 Å². The average Bonchev–Trinajstić information content (AvgIpc) is 2.85.